The molecule has 1 aromatic rings. The summed E-state index contributed by atoms with van der Waals surface area (Å²) in [7, 11) is -1.29. The zero-order valence-corrected chi connectivity index (χ0v) is 7.17. The van der Waals surface area contributed by atoms with Crippen LogP contribution in [0.3, 0.4) is 0 Å². The largest absolute Gasteiger partial charge is 0.255 e. The molecule has 1 rings (SSSR count). The van der Waals surface area contributed by atoms with Crippen molar-refractivity contribution in [3.05, 3.63) is 11.9 Å². The molecule has 0 fully saturated rings. The van der Waals surface area contributed by atoms with Crippen LogP contribution in [0.1, 0.15) is 5.69 Å². The van der Waals surface area contributed by atoms with Crippen molar-refractivity contribution in [2.75, 3.05) is 6.26 Å². The average molecular weight is 175 g/mol. The second-order valence-corrected chi connectivity index (χ2v) is 4.59. The number of hydrogen-bond donors (Lipinski definition) is 0. The predicted molar refractivity (Wildman–Crippen MR) is 39.6 cm³/mol. The van der Waals surface area contributed by atoms with Gasteiger partial charge in [-0.05, 0) is 0 Å². The predicted octanol–water partition coefficient (Wildman–Crippen LogP) is -0.640. The van der Waals surface area contributed by atoms with Gasteiger partial charge in [0.2, 0.25) is 0 Å². The summed E-state index contributed by atoms with van der Waals surface area (Å²) in [6.07, 6.45) is 2.75. The minimum Gasteiger partial charge on any atom is -0.255 e. The molecule has 11 heavy (non-hydrogen) atoms. The van der Waals surface area contributed by atoms with Crippen LogP contribution in [-0.2, 0) is 22.6 Å². The maximum Gasteiger partial charge on any atom is 0.153 e. The second kappa shape index (κ2) is 2.61. The maximum absolute atomic E-state index is 10.7. The molecule has 1 heterocycles. The third-order valence-electron chi connectivity index (χ3n) is 1.06. The van der Waals surface area contributed by atoms with E-state index in [9.17, 15) is 8.42 Å². The second-order valence-electron chi connectivity index (χ2n) is 2.45. The van der Waals surface area contributed by atoms with Crippen LogP contribution in [0, 0.1) is 0 Å². The Morgan fingerprint density at radius 2 is 2.27 bits per heavy atom. The van der Waals surface area contributed by atoms with Crippen molar-refractivity contribution in [3.8, 4) is 0 Å². The van der Waals surface area contributed by atoms with Crippen molar-refractivity contribution in [1.82, 2.24) is 15.0 Å². The standard InChI is InChI=1S/C5H9N3O2S/c1-8-3-5(6-7-8)4-11(2,9)10/h3H,4H2,1-2H3. The topological polar surface area (TPSA) is 64.8 Å². The highest BCUT2D eigenvalue weighted by atomic mass is 32.2. The highest BCUT2D eigenvalue weighted by Gasteiger charge is 2.06. The summed E-state index contributed by atoms with van der Waals surface area (Å²) in [5.41, 5.74) is 0.481. The van der Waals surface area contributed by atoms with E-state index in [1.807, 2.05) is 0 Å². The van der Waals surface area contributed by atoms with E-state index in [2.05, 4.69) is 10.3 Å². The molecular weight excluding hydrogens is 166 g/mol. The number of sulfone groups is 1. The Morgan fingerprint density at radius 3 is 2.64 bits per heavy atom. The lowest BCUT2D eigenvalue weighted by molar-refractivity contribution is 0.600. The van der Waals surface area contributed by atoms with Gasteiger partial charge in [-0.3, -0.25) is 4.68 Å². The molecule has 5 nitrogen and oxygen atoms in total. The lowest BCUT2D eigenvalue weighted by Crippen LogP contribution is -2.00. The molecule has 0 saturated carbocycles. The third kappa shape index (κ3) is 2.67. The third-order valence-corrected chi connectivity index (χ3v) is 1.88. The van der Waals surface area contributed by atoms with Gasteiger partial charge >= 0.3 is 0 Å². The van der Waals surface area contributed by atoms with E-state index in [0.29, 0.717) is 5.69 Å². The van der Waals surface area contributed by atoms with Gasteiger partial charge in [-0.15, -0.1) is 5.10 Å². The molecule has 0 radical (unpaired) electrons. The Balaban J connectivity index is 2.81. The minimum atomic E-state index is -2.98. The highest BCUT2D eigenvalue weighted by molar-refractivity contribution is 7.89. The molecule has 0 spiro atoms. The molecule has 0 aliphatic rings. The number of aryl methyl sites for hydroxylation is 1. The van der Waals surface area contributed by atoms with Gasteiger partial charge in [0.05, 0.1) is 11.4 Å². The van der Waals surface area contributed by atoms with E-state index in [-0.39, 0.29) is 5.75 Å². The van der Waals surface area contributed by atoms with Crippen LogP contribution in [0.15, 0.2) is 6.20 Å². The van der Waals surface area contributed by atoms with E-state index < -0.39 is 9.84 Å². The van der Waals surface area contributed by atoms with E-state index in [4.69, 9.17) is 0 Å². The van der Waals surface area contributed by atoms with Crippen LogP contribution >= 0.6 is 0 Å². The molecule has 0 aliphatic heterocycles. The molecule has 0 N–H and O–H groups in total. The first-order valence-corrected chi connectivity index (χ1v) is 5.06. The van der Waals surface area contributed by atoms with Gasteiger partial charge in [0, 0.05) is 19.5 Å². The van der Waals surface area contributed by atoms with Crippen molar-refractivity contribution in [1.29, 1.82) is 0 Å². The lowest BCUT2D eigenvalue weighted by Gasteiger charge is -1.89. The Morgan fingerprint density at radius 1 is 1.64 bits per heavy atom. The molecule has 62 valence electrons. The first-order chi connectivity index (χ1) is 4.97. The van der Waals surface area contributed by atoms with Crippen LogP contribution in [0.4, 0.5) is 0 Å². The van der Waals surface area contributed by atoms with E-state index in [1.54, 1.807) is 13.2 Å². The van der Waals surface area contributed by atoms with E-state index in [0.717, 1.165) is 0 Å². The van der Waals surface area contributed by atoms with Gasteiger partial charge in [-0.25, -0.2) is 8.42 Å². The SMILES string of the molecule is Cn1cc(CS(C)(=O)=O)nn1. The van der Waals surface area contributed by atoms with Gasteiger partial charge in [0.25, 0.3) is 0 Å². The fourth-order valence-corrected chi connectivity index (χ4v) is 1.40. The summed E-state index contributed by atoms with van der Waals surface area (Å²) in [5.74, 6) is -0.0408. The fraction of sp³-hybridized carbons (Fsp3) is 0.600. The van der Waals surface area contributed by atoms with E-state index in [1.165, 1.54) is 10.9 Å². The molecular formula is C5H9N3O2S. The van der Waals surface area contributed by atoms with Crippen molar-refractivity contribution in [2.45, 2.75) is 5.75 Å². The van der Waals surface area contributed by atoms with Crippen molar-refractivity contribution >= 4 is 9.84 Å². The van der Waals surface area contributed by atoms with Gasteiger partial charge in [0.1, 0.15) is 0 Å². The average Bonchev–Trinajstić information content (AvgIpc) is 2.10. The first-order valence-electron chi connectivity index (χ1n) is 3.00. The first kappa shape index (κ1) is 8.19. The lowest BCUT2D eigenvalue weighted by atomic mass is 10.6. The summed E-state index contributed by atoms with van der Waals surface area (Å²) in [4.78, 5) is 0. The molecule has 0 amide bonds. The Labute approximate surface area is 64.9 Å². The number of aromatic nitrogens is 3. The number of rotatable bonds is 2. The normalized spacial score (nSPS) is 11.8. The molecule has 0 aromatic carbocycles. The minimum absolute atomic E-state index is 0.0408. The van der Waals surface area contributed by atoms with E-state index >= 15 is 0 Å². The van der Waals surface area contributed by atoms with Crippen molar-refractivity contribution in [2.24, 2.45) is 7.05 Å². The summed E-state index contributed by atoms with van der Waals surface area (Å²) in [6, 6.07) is 0. The monoisotopic (exact) mass is 175 g/mol. The van der Waals surface area contributed by atoms with Crippen LogP contribution < -0.4 is 0 Å². The van der Waals surface area contributed by atoms with Gasteiger partial charge in [-0.1, -0.05) is 5.21 Å². The molecule has 1 aromatic heterocycles. The van der Waals surface area contributed by atoms with Crippen LogP contribution in [-0.4, -0.2) is 29.7 Å². The summed E-state index contributed by atoms with van der Waals surface area (Å²) < 4.78 is 22.9. The Kier molecular flexibility index (Phi) is 1.95. The Bertz CT molecular complexity index is 340. The zero-order chi connectivity index (χ0) is 8.48. The van der Waals surface area contributed by atoms with Gasteiger partial charge in [0.15, 0.2) is 9.84 Å². The van der Waals surface area contributed by atoms with Crippen molar-refractivity contribution in [3.63, 3.8) is 0 Å². The molecule has 0 saturated heterocycles. The zero-order valence-electron chi connectivity index (χ0n) is 6.35. The molecule has 0 bridgehead atoms. The summed E-state index contributed by atoms with van der Waals surface area (Å²) >= 11 is 0. The number of hydrogen-bond acceptors (Lipinski definition) is 4. The van der Waals surface area contributed by atoms with Crippen molar-refractivity contribution < 1.29 is 8.42 Å². The smallest absolute Gasteiger partial charge is 0.153 e. The van der Waals surface area contributed by atoms with Crippen LogP contribution in [0.5, 0.6) is 0 Å². The summed E-state index contributed by atoms with van der Waals surface area (Å²) in [5, 5.41) is 7.24. The Hall–Kier alpha value is -0.910. The maximum atomic E-state index is 10.7. The summed E-state index contributed by atoms with van der Waals surface area (Å²) in [6.45, 7) is 0. The molecule has 0 aliphatic carbocycles. The molecule has 0 atom stereocenters. The van der Waals surface area contributed by atoms with Gasteiger partial charge < -0.3 is 0 Å². The highest BCUT2D eigenvalue weighted by Crippen LogP contribution is 1.97. The van der Waals surface area contributed by atoms with Gasteiger partial charge in [-0.2, -0.15) is 0 Å². The van der Waals surface area contributed by atoms with Crippen LogP contribution in [0.2, 0.25) is 0 Å². The van der Waals surface area contributed by atoms with Crippen LogP contribution in [0.25, 0.3) is 0 Å². The molecule has 6 heteroatoms. The number of nitrogens with zero attached hydrogens (tertiary/aromatic N) is 3. The fourth-order valence-electron chi connectivity index (χ4n) is 0.730. The quantitative estimate of drug-likeness (QED) is 0.599. The molecule has 0 unspecified atom stereocenters.